The van der Waals surface area contributed by atoms with E-state index in [9.17, 15) is 9.59 Å². The number of nitrogens with one attached hydrogen (secondary N) is 1. The lowest BCUT2D eigenvalue weighted by atomic mass is 10.1. The molecule has 5 rings (SSSR count). The Morgan fingerprint density at radius 3 is 2.52 bits per heavy atom. The number of amides is 2. The van der Waals surface area contributed by atoms with Gasteiger partial charge in [-0.3, -0.25) is 14.5 Å². The molecule has 0 atom stereocenters. The standard InChI is InChI=1S/C31H36N8O3/c1-4-39-25(20-37(3)19-22-10-8-21(9-11-22)12-13-26(40)33-2)34-27-30(38-14-16-42-17-15-38)35-29(36-31(27)39)24-7-5-6-23(18-24)28(32)41/h5-13,18H,4,14-17,19-20H2,1-3H3,(H2,32,41)(H,33,40)/b13-12+. The molecule has 1 aliphatic heterocycles. The van der Waals surface area contributed by atoms with Crippen molar-refractivity contribution in [2.45, 2.75) is 26.6 Å². The van der Waals surface area contributed by atoms with Crippen LogP contribution in [-0.2, 0) is 29.2 Å². The molecule has 218 valence electrons. The van der Waals surface area contributed by atoms with Crippen LogP contribution in [-0.4, -0.2) is 76.6 Å². The van der Waals surface area contributed by atoms with E-state index in [1.54, 1.807) is 31.3 Å². The third-order valence-corrected chi connectivity index (χ3v) is 7.20. The Bertz CT molecular complexity index is 1610. The van der Waals surface area contributed by atoms with Gasteiger partial charge in [0.05, 0.1) is 19.8 Å². The topological polar surface area (TPSA) is 132 Å². The van der Waals surface area contributed by atoms with Crippen LogP contribution in [0.25, 0.3) is 28.6 Å². The van der Waals surface area contributed by atoms with Crippen molar-refractivity contribution in [3.63, 3.8) is 0 Å². The van der Waals surface area contributed by atoms with Gasteiger partial charge in [-0.1, -0.05) is 36.4 Å². The van der Waals surface area contributed by atoms with E-state index in [1.165, 1.54) is 6.08 Å². The van der Waals surface area contributed by atoms with Crippen LogP contribution >= 0.6 is 0 Å². The summed E-state index contributed by atoms with van der Waals surface area (Å²) in [5.41, 5.74) is 10.3. The number of primary amides is 1. The zero-order chi connectivity index (χ0) is 29.6. The fourth-order valence-electron chi connectivity index (χ4n) is 5.02. The Labute approximate surface area is 245 Å². The number of aryl methyl sites for hydroxylation is 1. The van der Waals surface area contributed by atoms with Crippen molar-refractivity contribution in [3.05, 3.63) is 77.1 Å². The number of hydrogen-bond acceptors (Lipinski definition) is 8. The van der Waals surface area contributed by atoms with E-state index in [4.69, 9.17) is 25.4 Å². The summed E-state index contributed by atoms with van der Waals surface area (Å²) < 4.78 is 7.73. The van der Waals surface area contributed by atoms with Gasteiger partial charge in [0.15, 0.2) is 22.8 Å². The Hall–Kier alpha value is -4.61. The molecule has 2 aromatic carbocycles. The first-order chi connectivity index (χ1) is 20.4. The van der Waals surface area contributed by atoms with E-state index in [0.717, 1.165) is 46.0 Å². The number of hydrogen-bond donors (Lipinski definition) is 2. The first kappa shape index (κ1) is 28.9. The van der Waals surface area contributed by atoms with Crippen LogP contribution < -0.4 is 16.0 Å². The maximum Gasteiger partial charge on any atom is 0.248 e. The lowest BCUT2D eigenvalue weighted by molar-refractivity contribution is -0.115. The maximum atomic E-state index is 11.9. The molecule has 0 radical (unpaired) electrons. The van der Waals surface area contributed by atoms with Crippen LogP contribution in [0.4, 0.5) is 5.82 Å². The second-order valence-electron chi connectivity index (χ2n) is 10.2. The molecule has 0 aliphatic carbocycles. The van der Waals surface area contributed by atoms with E-state index in [1.807, 2.05) is 18.2 Å². The molecular weight excluding hydrogens is 532 g/mol. The second kappa shape index (κ2) is 12.9. The van der Waals surface area contributed by atoms with E-state index in [-0.39, 0.29) is 5.91 Å². The highest BCUT2D eigenvalue weighted by molar-refractivity contribution is 5.94. The summed E-state index contributed by atoms with van der Waals surface area (Å²) in [6, 6.07) is 15.2. The van der Waals surface area contributed by atoms with Crippen LogP contribution in [0.15, 0.2) is 54.6 Å². The molecule has 2 aromatic heterocycles. The Morgan fingerprint density at radius 1 is 1.07 bits per heavy atom. The lowest BCUT2D eigenvalue weighted by Gasteiger charge is -2.28. The number of ether oxygens (including phenoxy) is 1. The van der Waals surface area contributed by atoms with Crippen molar-refractivity contribution >= 4 is 34.9 Å². The number of nitrogens with zero attached hydrogens (tertiary/aromatic N) is 6. The van der Waals surface area contributed by atoms with E-state index < -0.39 is 5.91 Å². The van der Waals surface area contributed by atoms with Gasteiger partial charge >= 0.3 is 0 Å². The normalized spacial score (nSPS) is 13.8. The number of carbonyl (C=O) groups excluding carboxylic acids is 2. The smallest absolute Gasteiger partial charge is 0.248 e. The van der Waals surface area contributed by atoms with Gasteiger partial charge in [0.25, 0.3) is 0 Å². The molecule has 11 heteroatoms. The summed E-state index contributed by atoms with van der Waals surface area (Å²) in [5.74, 6) is 1.55. The highest BCUT2D eigenvalue weighted by Gasteiger charge is 2.24. The molecule has 11 nitrogen and oxygen atoms in total. The molecule has 0 spiro atoms. The van der Waals surface area contributed by atoms with Crippen molar-refractivity contribution in [1.82, 2.24) is 29.7 Å². The van der Waals surface area contributed by atoms with E-state index >= 15 is 0 Å². The maximum absolute atomic E-state index is 11.9. The minimum absolute atomic E-state index is 0.134. The highest BCUT2D eigenvalue weighted by Crippen LogP contribution is 2.29. The third kappa shape index (κ3) is 6.48. The molecule has 42 heavy (non-hydrogen) atoms. The van der Waals surface area contributed by atoms with Crippen molar-refractivity contribution in [2.75, 3.05) is 45.3 Å². The fraction of sp³-hybridized carbons (Fsp3) is 0.323. The molecule has 3 N–H and O–H groups in total. The number of nitrogens with two attached hydrogens (primary N) is 1. The zero-order valence-electron chi connectivity index (χ0n) is 24.2. The van der Waals surface area contributed by atoms with Crippen molar-refractivity contribution < 1.29 is 14.3 Å². The third-order valence-electron chi connectivity index (χ3n) is 7.20. The van der Waals surface area contributed by atoms with E-state index in [2.05, 4.69) is 45.8 Å². The summed E-state index contributed by atoms with van der Waals surface area (Å²) >= 11 is 0. The van der Waals surface area contributed by atoms with Crippen molar-refractivity contribution in [3.8, 4) is 11.4 Å². The summed E-state index contributed by atoms with van der Waals surface area (Å²) in [7, 11) is 3.67. The number of aromatic nitrogens is 4. The zero-order valence-corrected chi connectivity index (χ0v) is 24.2. The number of rotatable bonds is 10. The van der Waals surface area contributed by atoms with Crippen LogP contribution in [0.5, 0.6) is 0 Å². The first-order valence-electron chi connectivity index (χ1n) is 14.0. The van der Waals surface area contributed by atoms with Gasteiger partial charge in [-0.25, -0.2) is 15.0 Å². The van der Waals surface area contributed by atoms with Crippen LogP contribution in [0, 0.1) is 0 Å². The average molecular weight is 569 g/mol. The Morgan fingerprint density at radius 2 is 1.83 bits per heavy atom. The summed E-state index contributed by atoms with van der Waals surface area (Å²) in [6.45, 7) is 6.73. The average Bonchev–Trinajstić information content (AvgIpc) is 3.37. The van der Waals surface area contributed by atoms with Crippen LogP contribution in [0.1, 0.15) is 34.2 Å². The molecule has 1 saturated heterocycles. The summed E-state index contributed by atoms with van der Waals surface area (Å²) in [5, 5.41) is 2.58. The molecular formula is C31H36N8O3. The van der Waals surface area contributed by atoms with Gasteiger partial charge in [0, 0.05) is 50.4 Å². The minimum Gasteiger partial charge on any atom is -0.378 e. The fourth-order valence-corrected chi connectivity index (χ4v) is 5.02. The summed E-state index contributed by atoms with van der Waals surface area (Å²) in [4.78, 5) is 42.7. The first-order valence-corrected chi connectivity index (χ1v) is 14.0. The molecule has 1 aliphatic rings. The largest absolute Gasteiger partial charge is 0.378 e. The predicted molar refractivity (Wildman–Crippen MR) is 163 cm³/mol. The van der Waals surface area contributed by atoms with Crippen LogP contribution in [0.2, 0.25) is 0 Å². The number of benzene rings is 2. The van der Waals surface area contributed by atoms with Crippen LogP contribution in [0.3, 0.4) is 0 Å². The van der Waals surface area contributed by atoms with Gasteiger partial charge in [-0.2, -0.15) is 0 Å². The van der Waals surface area contributed by atoms with Gasteiger partial charge < -0.3 is 25.3 Å². The Balaban J connectivity index is 1.46. The molecule has 1 fully saturated rings. The van der Waals surface area contributed by atoms with Gasteiger partial charge in [-0.15, -0.1) is 0 Å². The predicted octanol–water partition coefficient (Wildman–Crippen LogP) is 2.84. The van der Waals surface area contributed by atoms with Gasteiger partial charge in [-0.05, 0) is 43.3 Å². The quantitative estimate of drug-likeness (QED) is 0.279. The Kier molecular flexibility index (Phi) is 8.89. The number of likely N-dealkylation sites (N-methyl/N-ethyl adjacent to an activating group) is 1. The number of morpholine rings is 1. The molecule has 0 bridgehead atoms. The highest BCUT2D eigenvalue weighted by atomic mass is 16.5. The molecule has 0 saturated carbocycles. The molecule has 3 heterocycles. The van der Waals surface area contributed by atoms with Gasteiger partial charge in [0.1, 0.15) is 5.82 Å². The number of anilines is 1. The van der Waals surface area contributed by atoms with Crippen molar-refractivity contribution in [2.24, 2.45) is 5.73 Å². The minimum atomic E-state index is -0.495. The summed E-state index contributed by atoms with van der Waals surface area (Å²) in [6.07, 6.45) is 3.31. The number of carbonyl (C=O) groups is 2. The molecule has 4 aromatic rings. The SMILES string of the molecule is CCn1c(CN(C)Cc2ccc(/C=C/C(=O)NC)cc2)nc2c(N3CCOCC3)nc(-c3cccc(C(N)=O)c3)nc21. The molecule has 0 unspecified atom stereocenters. The monoisotopic (exact) mass is 568 g/mol. The molecule has 2 amide bonds. The number of fused-ring (bicyclic) bond motifs is 1. The van der Waals surface area contributed by atoms with E-state index in [0.29, 0.717) is 50.8 Å². The second-order valence-corrected chi connectivity index (χ2v) is 10.2. The van der Waals surface area contributed by atoms with Crippen molar-refractivity contribution in [1.29, 1.82) is 0 Å². The lowest BCUT2D eigenvalue weighted by Crippen LogP contribution is -2.37. The number of imidazole rings is 1. The van der Waals surface area contributed by atoms with Gasteiger partial charge in [0.2, 0.25) is 11.8 Å².